The van der Waals surface area contributed by atoms with Crippen molar-refractivity contribution >= 4 is 17.6 Å². The van der Waals surface area contributed by atoms with Gasteiger partial charge in [0.2, 0.25) is 5.88 Å². The van der Waals surface area contributed by atoms with Gasteiger partial charge in [-0.15, -0.1) is 18.3 Å². The number of alkyl halides is 3. The number of hydrogen-bond donors (Lipinski definition) is 2. The van der Waals surface area contributed by atoms with Crippen LogP contribution in [0.25, 0.3) is 5.69 Å². The van der Waals surface area contributed by atoms with Crippen molar-refractivity contribution < 1.29 is 37.3 Å². The third kappa shape index (κ3) is 9.27. The Labute approximate surface area is 270 Å². The van der Waals surface area contributed by atoms with Crippen LogP contribution in [-0.4, -0.2) is 51.6 Å². The van der Waals surface area contributed by atoms with Crippen LogP contribution in [0, 0.1) is 5.92 Å². The van der Waals surface area contributed by atoms with Gasteiger partial charge >= 0.3 is 12.3 Å². The second-order valence-electron chi connectivity index (χ2n) is 11.6. The molecule has 1 aliphatic rings. The van der Waals surface area contributed by atoms with Crippen molar-refractivity contribution in [2.45, 2.75) is 57.5 Å². The second-order valence-corrected chi connectivity index (χ2v) is 11.6. The molecule has 1 atom stereocenters. The third-order valence-electron chi connectivity index (χ3n) is 8.18. The van der Waals surface area contributed by atoms with E-state index >= 15 is 0 Å². The predicted octanol–water partition coefficient (Wildman–Crippen LogP) is 7.63. The van der Waals surface area contributed by atoms with Gasteiger partial charge in [0.15, 0.2) is 0 Å². The molecule has 248 valence electrons. The summed E-state index contributed by atoms with van der Waals surface area (Å²) >= 11 is 0. The zero-order valence-corrected chi connectivity index (χ0v) is 26.0. The summed E-state index contributed by atoms with van der Waals surface area (Å²) in [5.74, 6) is -0.927. The molecule has 3 aromatic carbocycles. The van der Waals surface area contributed by atoms with Crippen molar-refractivity contribution in [1.29, 1.82) is 0 Å². The summed E-state index contributed by atoms with van der Waals surface area (Å²) in [5.41, 5.74) is 3.51. The zero-order chi connectivity index (χ0) is 33.4. The third-order valence-corrected chi connectivity index (χ3v) is 8.18. The van der Waals surface area contributed by atoms with E-state index in [-0.39, 0.29) is 43.2 Å². The van der Waals surface area contributed by atoms with Gasteiger partial charge in [-0.05, 0) is 72.9 Å². The smallest absolute Gasteiger partial charge is 0.481 e. The molecule has 0 saturated heterocycles. The maximum absolute atomic E-state index is 12.8. The summed E-state index contributed by atoms with van der Waals surface area (Å²) in [6, 6.07) is 22.0. The van der Waals surface area contributed by atoms with Crippen LogP contribution in [0.4, 0.5) is 18.9 Å². The summed E-state index contributed by atoms with van der Waals surface area (Å²) in [5, 5.41) is 17.4. The van der Waals surface area contributed by atoms with E-state index in [1.54, 1.807) is 23.9 Å². The molecule has 2 N–H and O–H groups in total. The van der Waals surface area contributed by atoms with Crippen LogP contribution < -0.4 is 14.8 Å². The molecule has 0 radical (unpaired) electrons. The van der Waals surface area contributed by atoms with Gasteiger partial charge in [0.25, 0.3) is 5.91 Å². The van der Waals surface area contributed by atoms with Crippen LogP contribution in [0.2, 0.25) is 0 Å². The van der Waals surface area contributed by atoms with Gasteiger partial charge in [0, 0.05) is 31.0 Å². The van der Waals surface area contributed by atoms with Crippen LogP contribution >= 0.6 is 0 Å². The lowest BCUT2D eigenvalue weighted by Crippen LogP contribution is -2.29. The Hall–Kier alpha value is -5.00. The van der Waals surface area contributed by atoms with Crippen LogP contribution in [-0.2, 0) is 11.4 Å². The number of ether oxygens (including phenoxy) is 2. The summed E-state index contributed by atoms with van der Waals surface area (Å²) in [7, 11) is 1.57. The number of carboxylic acids is 1. The Kier molecular flexibility index (Phi) is 10.7. The van der Waals surface area contributed by atoms with Gasteiger partial charge in [-0.3, -0.25) is 9.59 Å². The van der Waals surface area contributed by atoms with Gasteiger partial charge in [0.05, 0.1) is 23.7 Å². The van der Waals surface area contributed by atoms with Crippen molar-refractivity contribution in [2.24, 2.45) is 5.92 Å². The minimum atomic E-state index is -4.79. The monoisotopic (exact) mass is 650 g/mol. The normalized spacial score (nSPS) is 14.3. The van der Waals surface area contributed by atoms with E-state index in [0.717, 1.165) is 48.9 Å². The first kappa shape index (κ1) is 33.4. The number of hydrogen-bond acceptors (Lipinski definition) is 6. The molecule has 1 aromatic heterocycles. The van der Waals surface area contributed by atoms with Crippen molar-refractivity contribution in [3.05, 3.63) is 102 Å². The van der Waals surface area contributed by atoms with Crippen molar-refractivity contribution in [3.8, 4) is 17.3 Å². The SMILES string of the molecule is CN(CCC(=O)O)C(=O)c1ccc(NC(c2cn(-c3ccc(OC(F)(F)F)cc3)nc2OCc2ccccc2)C2CCCCC2)cc1. The van der Waals surface area contributed by atoms with Crippen molar-refractivity contribution in [2.75, 3.05) is 18.9 Å². The lowest BCUT2D eigenvalue weighted by molar-refractivity contribution is -0.274. The van der Waals surface area contributed by atoms with E-state index in [4.69, 9.17) is 14.9 Å². The molecule has 12 heteroatoms. The molecular formula is C35H37F3N4O5. The van der Waals surface area contributed by atoms with E-state index in [1.807, 2.05) is 48.7 Å². The molecule has 1 unspecified atom stereocenters. The number of halogens is 3. The molecule has 1 saturated carbocycles. The summed E-state index contributed by atoms with van der Waals surface area (Å²) in [6.07, 6.45) is 2.19. The van der Waals surface area contributed by atoms with E-state index in [1.165, 1.54) is 29.2 Å². The highest BCUT2D eigenvalue weighted by Gasteiger charge is 2.32. The molecule has 0 aliphatic heterocycles. The molecule has 4 aromatic rings. The van der Waals surface area contributed by atoms with Crippen molar-refractivity contribution in [1.82, 2.24) is 14.7 Å². The van der Waals surface area contributed by atoms with Crippen LogP contribution in [0.3, 0.4) is 0 Å². The molecule has 1 amide bonds. The lowest BCUT2D eigenvalue weighted by atomic mass is 9.81. The molecule has 5 rings (SSSR count). The van der Waals surface area contributed by atoms with Gasteiger partial charge in [-0.25, -0.2) is 4.68 Å². The number of aliphatic carboxylic acids is 1. The largest absolute Gasteiger partial charge is 0.573 e. The fourth-order valence-electron chi connectivity index (χ4n) is 5.75. The number of aromatic nitrogens is 2. The standard InChI is InChI=1S/C35H37F3N4O5/c1-41(21-20-31(43)44)34(45)26-12-14-27(15-13-26)39-32(25-10-6-3-7-11-25)30-22-42(28-16-18-29(19-17-28)47-35(36,37)38)40-33(30)46-23-24-8-4-2-5-9-24/h2,4-5,8-9,12-19,22,25,32,39H,3,6-7,10-11,20-21,23H2,1H3,(H,43,44). The number of carboxylic acid groups (broad SMARTS) is 1. The maximum atomic E-state index is 12.8. The first-order chi connectivity index (χ1) is 22.6. The molecule has 0 spiro atoms. The number of amides is 1. The van der Waals surface area contributed by atoms with E-state index in [9.17, 15) is 22.8 Å². The number of carbonyl (C=O) groups excluding carboxylic acids is 1. The first-order valence-electron chi connectivity index (χ1n) is 15.5. The molecule has 9 nitrogen and oxygen atoms in total. The minimum absolute atomic E-state index is 0.103. The molecule has 47 heavy (non-hydrogen) atoms. The number of rotatable bonds is 13. The van der Waals surface area contributed by atoms with Crippen LogP contribution in [0.15, 0.2) is 85.1 Å². The topological polar surface area (TPSA) is 106 Å². The number of nitrogens with one attached hydrogen (secondary N) is 1. The Morgan fingerprint density at radius 3 is 2.32 bits per heavy atom. The Morgan fingerprint density at radius 2 is 1.68 bits per heavy atom. The first-order valence-corrected chi connectivity index (χ1v) is 15.5. The summed E-state index contributed by atoms with van der Waals surface area (Å²) in [6.45, 7) is 0.374. The molecule has 1 aliphatic carbocycles. The van der Waals surface area contributed by atoms with Gasteiger partial charge in [0.1, 0.15) is 12.4 Å². The van der Waals surface area contributed by atoms with Crippen molar-refractivity contribution in [3.63, 3.8) is 0 Å². The minimum Gasteiger partial charge on any atom is -0.481 e. The van der Waals surface area contributed by atoms with Gasteiger partial charge in [-0.1, -0.05) is 49.6 Å². The lowest BCUT2D eigenvalue weighted by Gasteiger charge is -2.31. The number of carbonyl (C=O) groups is 2. The maximum Gasteiger partial charge on any atom is 0.573 e. The van der Waals surface area contributed by atoms with Gasteiger partial charge < -0.3 is 24.8 Å². The quantitative estimate of drug-likeness (QED) is 0.153. The van der Waals surface area contributed by atoms with Gasteiger partial charge in [-0.2, -0.15) is 0 Å². The molecule has 1 heterocycles. The second kappa shape index (κ2) is 15.1. The fourth-order valence-corrected chi connectivity index (χ4v) is 5.75. The van der Waals surface area contributed by atoms with E-state index < -0.39 is 12.3 Å². The van der Waals surface area contributed by atoms with E-state index in [0.29, 0.717) is 17.1 Å². The Balaban J connectivity index is 1.44. The molecule has 1 fully saturated rings. The van der Waals surface area contributed by atoms with Crippen LogP contribution in [0.5, 0.6) is 11.6 Å². The fraction of sp³-hybridized carbons (Fsp3) is 0.343. The highest BCUT2D eigenvalue weighted by Crippen LogP contribution is 2.40. The molecular weight excluding hydrogens is 613 g/mol. The Morgan fingerprint density at radius 1 is 1.00 bits per heavy atom. The Bertz CT molecular complexity index is 1620. The predicted molar refractivity (Wildman–Crippen MR) is 170 cm³/mol. The van der Waals surface area contributed by atoms with Crippen LogP contribution in [0.1, 0.15) is 66.1 Å². The summed E-state index contributed by atoms with van der Waals surface area (Å²) < 4.78 is 50.2. The number of anilines is 1. The summed E-state index contributed by atoms with van der Waals surface area (Å²) in [4.78, 5) is 25.2. The number of nitrogens with zero attached hydrogens (tertiary/aromatic N) is 3. The highest BCUT2D eigenvalue weighted by molar-refractivity contribution is 5.94. The average Bonchev–Trinajstić information content (AvgIpc) is 3.49. The molecule has 0 bridgehead atoms. The average molecular weight is 651 g/mol. The zero-order valence-electron chi connectivity index (χ0n) is 26.0. The van der Waals surface area contributed by atoms with E-state index in [2.05, 4.69) is 10.1 Å². The number of benzene rings is 3. The highest BCUT2D eigenvalue weighted by atomic mass is 19.4.